The van der Waals surface area contributed by atoms with Crippen LogP contribution in [0.3, 0.4) is 0 Å². The Bertz CT molecular complexity index is 235. The van der Waals surface area contributed by atoms with Crippen LogP contribution in [0.25, 0.3) is 0 Å². The van der Waals surface area contributed by atoms with Crippen LogP contribution in [0, 0.1) is 5.92 Å². The van der Waals surface area contributed by atoms with Crippen molar-refractivity contribution in [1.29, 1.82) is 0 Å². The van der Waals surface area contributed by atoms with Gasteiger partial charge >= 0.3 is 0 Å². The molecule has 0 radical (unpaired) electrons. The Hall–Kier alpha value is -0.120. The van der Waals surface area contributed by atoms with Crippen molar-refractivity contribution in [3.05, 3.63) is 0 Å². The van der Waals surface area contributed by atoms with Gasteiger partial charge in [-0.05, 0) is 33.1 Å². The first-order chi connectivity index (χ1) is 6.29. The van der Waals surface area contributed by atoms with Gasteiger partial charge in [0.2, 0.25) is 0 Å². The van der Waals surface area contributed by atoms with Gasteiger partial charge in [0.15, 0.2) is 5.79 Å². The average Bonchev–Trinajstić information content (AvgIpc) is 2.21. The molecule has 0 bridgehead atoms. The average molecular weight is 200 g/mol. The SMILES string of the molecule is C[C@@H]1C[C@@](C)(O)CC2OC(C)(C)OC21. The van der Waals surface area contributed by atoms with Gasteiger partial charge in [0.25, 0.3) is 0 Å². The van der Waals surface area contributed by atoms with Crippen LogP contribution in [0.2, 0.25) is 0 Å². The molecule has 2 rings (SSSR count). The van der Waals surface area contributed by atoms with E-state index in [-0.39, 0.29) is 12.2 Å². The first kappa shape index (κ1) is 10.4. The van der Waals surface area contributed by atoms with E-state index >= 15 is 0 Å². The quantitative estimate of drug-likeness (QED) is 0.646. The zero-order chi connectivity index (χ0) is 10.6. The van der Waals surface area contributed by atoms with Gasteiger partial charge in [0.1, 0.15) is 0 Å². The fourth-order valence-electron chi connectivity index (χ4n) is 2.83. The Balaban J connectivity index is 2.15. The minimum atomic E-state index is -0.593. The largest absolute Gasteiger partial charge is 0.390 e. The van der Waals surface area contributed by atoms with Crippen LogP contribution >= 0.6 is 0 Å². The lowest BCUT2D eigenvalue weighted by molar-refractivity contribution is -0.148. The van der Waals surface area contributed by atoms with E-state index in [9.17, 15) is 5.11 Å². The molecule has 0 aromatic carbocycles. The van der Waals surface area contributed by atoms with Crippen LogP contribution in [0.5, 0.6) is 0 Å². The van der Waals surface area contributed by atoms with Crippen molar-refractivity contribution in [1.82, 2.24) is 0 Å². The van der Waals surface area contributed by atoms with Gasteiger partial charge in [0, 0.05) is 6.42 Å². The van der Waals surface area contributed by atoms with E-state index in [2.05, 4.69) is 6.92 Å². The molecule has 0 aromatic heterocycles. The first-order valence-corrected chi connectivity index (χ1v) is 5.37. The first-order valence-electron chi connectivity index (χ1n) is 5.37. The normalized spacial score (nSPS) is 51.6. The third kappa shape index (κ3) is 1.81. The molecule has 0 aromatic rings. The summed E-state index contributed by atoms with van der Waals surface area (Å²) in [5.41, 5.74) is -0.593. The summed E-state index contributed by atoms with van der Waals surface area (Å²) in [5, 5.41) is 10.0. The summed E-state index contributed by atoms with van der Waals surface area (Å²) in [6.45, 7) is 7.88. The number of rotatable bonds is 0. The molecule has 14 heavy (non-hydrogen) atoms. The number of hydrogen-bond donors (Lipinski definition) is 1. The van der Waals surface area contributed by atoms with E-state index in [1.54, 1.807) is 0 Å². The van der Waals surface area contributed by atoms with Gasteiger partial charge in [-0.25, -0.2) is 0 Å². The van der Waals surface area contributed by atoms with Gasteiger partial charge < -0.3 is 14.6 Å². The van der Waals surface area contributed by atoms with Crippen LogP contribution in [0.15, 0.2) is 0 Å². The van der Waals surface area contributed by atoms with E-state index in [1.165, 1.54) is 0 Å². The second kappa shape index (κ2) is 2.94. The molecule has 4 atom stereocenters. The third-order valence-corrected chi connectivity index (χ3v) is 3.19. The maximum atomic E-state index is 10.0. The van der Waals surface area contributed by atoms with Crippen LogP contribution in [-0.2, 0) is 9.47 Å². The topological polar surface area (TPSA) is 38.7 Å². The third-order valence-electron chi connectivity index (χ3n) is 3.19. The standard InChI is InChI=1S/C11H20O3/c1-7-5-11(4,12)6-8-9(7)14-10(2,3)13-8/h7-9,12H,5-6H2,1-4H3/t7-,8?,9?,11-/m1/s1. The van der Waals surface area contributed by atoms with Crippen molar-refractivity contribution in [2.75, 3.05) is 0 Å². The van der Waals surface area contributed by atoms with Crippen molar-refractivity contribution in [3.63, 3.8) is 0 Å². The summed E-state index contributed by atoms with van der Waals surface area (Å²) >= 11 is 0. The smallest absolute Gasteiger partial charge is 0.163 e. The molecule has 2 aliphatic rings. The molecule has 2 unspecified atom stereocenters. The van der Waals surface area contributed by atoms with Gasteiger partial charge in [0.05, 0.1) is 17.8 Å². The van der Waals surface area contributed by atoms with Gasteiger partial charge in [-0.1, -0.05) is 6.92 Å². The van der Waals surface area contributed by atoms with Crippen LogP contribution in [-0.4, -0.2) is 28.7 Å². The monoisotopic (exact) mass is 200 g/mol. The van der Waals surface area contributed by atoms with E-state index in [0.717, 1.165) is 6.42 Å². The maximum Gasteiger partial charge on any atom is 0.163 e. The fourth-order valence-corrected chi connectivity index (χ4v) is 2.83. The molecule has 0 amide bonds. The predicted octanol–water partition coefficient (Wildman–Crippen LogP) is 1.69. The van der Waals surface area contributed by atoms with Crippen molar-refractivity contribution in [2.45, 2.75) is 64.1 Å². The van der Waals surface area contributed by atoms with E-state index < -0.39 is 11.4 Å². The van der Waals surface area contributed by atoms with Crippen LogP contribution in [0.4, 0.5) is 0 Å². The molecule has 2 fully saturated rings. The fraction of sp³-hybridized carbons (Fsp3) is 1.00. The van der Waals surface area contributed by atoms with Crippen molar-refractivity contribution < 1.29 is 14.6 Å². The molecule has 3 heteroatoms. The molecule has 1 N–H and O–H groups in total. The lowest BCUT2D eigenvalue weighted by Crippen LogP contribution is -2.45. The Morgan fingerprint density at radius 2 is 1.79 bits per heavy atom. The zero-order valence-corrected chi connectivity index (χ0v) is 9.41. The highest BCUT2D eigenvalue weighted by Crippen LogP contribution is 2.43. The summed E-state index contributed by atoms with van der Waals surface area (Å²) in [4.78, 5) is 0. The zero-order valence-electron chi connectivity index (χ0n) is 9.41. The molecule has 1 heterocycles. The molecule has 0 spiro atoms. The lowest BCUT2D eigenvalue weighted by Gasteiger charge is -2.38. The molecule has 82 valence electrons. The minimum absolute atomic E-state index is 0.0590. The van der Waals surface area contributed by atoms with E-state index in [0.29, 0.717) is 12.3 Å². The van der Waals surface area contributed by atoms with E-state index in [4.69, 9.17) is 9.47 Å². The summed E-state index contributed by atoms with van der Waals surface area (Å²) in [5.74, 6) is -0.116. The Labute approximate surface area is 85.4 Å². The Kier molecular flexibility index (Phi) is 2.18. The molecule has 1 aliphatic heterocycles. The molecule has 1 saturated carbocycles. The predicted molar refractivity (Wildman–Crippen MR) is 52.8 cm³/mol. The lowest BCUT2D eigenvalue weighted by atomic mass is 9.77. The number of ether oxygens (including phenoxy) is 2. The Morgan fingerprint density at radius 3 is 2.43 bits per heavy atom. The van der Waals surface area contributed by atoms with Gasteiger partial charge in [-0.3, -0.25) is 0 Å². The number of hydrogen-bond acceptors (Lipinski definition) is 3. The number of fused-ring (bicyclic) bond motifs is 1. The van der Waals surface area contributed by atoms with E-state index in [1.807, 2.05) is 20.8 Å². The summed E-state index contributed by atoms with van der Waals surface area (Å²) in [6, 6.07) is 0. The molecule has 3 nitrogen and oxygen atoms in total. The van der Waals surface area contributed by atoms with Gasteiger partial charge in [-0.15, -0.1) is 0 Å². The summed E-state index contributed by atoms with van der Waals surface area (Å²) in [6.07, 6.45) is 1.70. The highest BCUT2D eigenvalue weighted by Gasteiger charge is 2.50. The molecule has 1 aliphatic carbocycles. The molecular weight excluding hydrogens is 180 g/mol. The highest BCUT2D eigenvalue weighted by atomic mass is 16.8. The van der Waals surface area contributed by atoms with Crippen molar-refractivity contribution in [3.8, 4) is 0 Å². The Morgan fingerprint density at radius 1 is 1.14 bits per heavy atom. The van der Waals surface area contributed by atoms with Crippen molar-refractivity contribution in [2.24, 2.45) is 5.92 Å². The summed E-state index contributed by atoms with van der Waals surface area (Å²) < 4.78 is 11.6. The number of aliphatic hydroxyl groups is 1. The highest BCUT2D eigenvalue weighted by molar-refractivity contribution is 4.96. The van der Waals surface area contributed by atoms with Crippen LogP contribution < -0.4 is 0 Å². The second-order valence-corrected chi connectivity index (χ2v) is 5.52. The molecular formula is C11H20O3. The summed E-state index contributed by atoms with van der Waals surface area (Å²) in [7, 11) is 0. The molecule has 1 saturated heterocycles. The second-order valence-electron chi connectivity index (χ2n) is 5.52. The minimum Gasteiger partial charge on any atom is -0.390 e. The van der Waals surface area contributed by atoms with Crippen LogP contribution in [0.1, 0.15) is 40.5 Å². The maximum absolute atomic E-state index is 10.0. The van der Waals surface area contributed by atoms with Gasteiger partial charge in [-0.2, -0.15) is 0 Å². The van der Waals surface area contributed by atoms with Crippen molar-refractivity contribution >= 4 is 0 Å².